The van der Waals surface area contributed by atoms with Gasteiger partial charge in [-0.25, -0.2) is 4.39 Å². The van der Waals surface area contributed by atoms with Crippen molar-refractivity contribution in [1.82, 2.24) is 15.1 Å². The van der Waals surface area contributed by atoms with Gasteiger partial charge in [-0.15, -0.1) is 24.0 Å². The highest BCUT2D eigenvalue weighted by atomic mass is 127. The molecule has 7 heteroatoms. The number of benzene rings is 1. The third kappa shape index (κ3) is 7.58. The lowest BCUT2D eigenvalue weighted by atomic mass is 10.1. The second kappa shape index (κ2) is 10.4. The summed E-state index contributed by atoms with van der Waals surface area (Å²) >= 11 is 0. The predicted molar refractivity (Wildman–Crippen MR) is 98.2 cm³/mol. The van der Waals surface area contributed by atoms with Crippen LogP contribution in [0, 0.1) is 5.82 Å². The van der Waals surface area contributed by atoms with Gasteiger partial charge >= 0.3 is 0 Å². The first kappa shape index (κ1) is 20.6. The summed E-state index contributed by atoms with van der Waals surface area (Å²) in [7, 11) is 7.67. The molecule has 0 aliphatic rings. The van der Waals surface area contributed by atoms with Crippen molar-refractivity contribution < 1.29 is 9.18 Å². The Bertz CT molecular complexity index is 496. The Kier molecular flexibility index (Phi) is 9.71. The molecule has 0 heterocycles. The van der Waals surface area contributed by atoms with E-state index in [2.05, 4.69) is 10.3 Å². The number of hydrogen-bond donors (Lipinski definition) is 1. The molecule has 1 rings (SSSR count). The van der Waals surface area contributed by atoms with E-state index < -0.39 is 0 Å². The van der Waals surface area contributed by atoms with E-state index in [9.17, 15) is 9.18 Å². The van der Waals surface area contributed by atoms with Crippen LogP contribution in [0.1, 0.15) is 5.56 Å². The van der Waals surface area contributed by atoms with E-state index in [0.717, 1.165) is 5.96 Å². The van der Waals surface area contributed by atoms with E-state index in [1.54, 1.807) is 12.1 Å². The van der Waals surface area contributed by atoms with Gasteiger partial charge < -0.3 is 15.1 Å². The van der Waals surface area contributed by atoms with Crippen LogP contribution < -0.4 is 5.32 Å². The second-order valence-corrected chi connectivity index (χ2v) is 5.13. The van der Waals surface area contributed by atoms with Crippen LogP contribution in [0.3, 0.4) is 0 Å². The van der Waals surface area contributed by atoms with Crippen LogP contribution in [0.2, 0.25) is 0 Å². The van der Waals surface area contributed by atoms with Gasteiger partial charge in [0.2, 0.25) is 5.91 Å². The highest BCUT2D eigenvalue weighted by molar-refractivity contribution is 14.0. The van der Waals surface area contributed by atoms with Gasteiger partial charge in [-0.3, -0.25) is 9.79 Å². The largest absolute Gasteiger partial charge is 0.354 e. The van der Waals surface area contributed by atoms with Crippen molar-refractivity contribution in [1.29, 1.82) is 0 Å². The summed E-state index contributed by atoms with van der Waals surface area (Å²) in [6, 6.07) is 6.06. The molecule has 0 spiro atoms. The Morgan fingerprint density at radius 2 is 1.86 bits per heavy atom. The Hall–Kier alpha value is -1.38. The van der Waals surface area contributed by atoms with Crippen LogP contribution in [0.4, 0.5) is 4.39 Å². The molecule has 0 unspecified atom stereocenters. The van der Waals surface area contributed by atoms with Gasteiger partial charge in [0.05, 0.1) is 13.0 Å². The SMILES string of the molecule is CN(C)C(=NCCNC(=O)Cc1cccc(F)c1)N(C)C.I. The lowest BCUT2D eigenvalue weighted by Gasteiger charge is -2.22. The van der Waals surface area contributed by atoms with E-state index in [4.69, 9.17) is 0 Å². The predicted octanol–water partition coefficient (Wildman–Crippen LogP) is 1.58. The van der Waals surface area contributed by atoms with Crippen molar-refractivity contribution in [3.63, 3.8) is 0 Å². The fraction of sp³-hybridized carbons (Fsp3) is 0.467. The number of carbonyl (C=O) groups excluding carboxylic acids is 1. The summed E-state index contributed by atoms with van der Waals surface area (Å²) in [5.74, 6) is 0.382. The van der Waals surface area contributed by atoms with Crippen LogP contribution in [-0.4, -0.2) is 62.9 Å². The van der Waals surface area contributed by atoms with E-state index in [-0.39, 0.29) is 42.1 Å². The van der Waals surface area contributed by atoms with Crippen molar-refractivity contribution in [3.05, 3.63) is 35.6 Å². The minimum absolute atomic E-state index is 0. The summed E-state index contributed by atoms with van der Waals surface area (Å²) in [5.41, 5.74) is 0.665. The zero-order valence-electron chi connectivity index (χ0n) is 13.5. The van der Waals surface area contributed by atoms with Gasteiger partial charge in [-0.1, -0.05) is 12.1 Å². The Morgan fingerprint density at radius 1 is 1.23 bits per heavy atom. The molecule has 1 N–H and O–H groups in total. The summed E-state index contributed by atoms with van der Waals surface area (Å²) in [5, 5.41) is 2.78. The smallest absolute Gasteiger partial charge is 0.224 e. The van der Waals surface area contributed by atoms with Gasteiger partial charge in [0.25, 0.3) is 0 Å². The topological polar surface area (TPSA) is 47.9 Å². The molecule has 0 aliphatic heterocycles. The van der Waals surface area contributed by atoms with Crippen LogP contribution >= 0.6 is 24.0 Å². The molecule has 0 radical (unpaired) electrons. The summed E-state index contributed by atoms with van der Waals surface area (Å²) in [6.07, 6.45) is 0.176. The maximum atomic E-state index is 13.0. The van der Waals surface area contributed by atoms with Gasteiger partial charge in [0.15, 0.2) is 5.96 Å². The Morgan fingerprint density at radius 3 is 2.41 bits per heavy atom. The van der Waals surface area contributed by atoms with Crippen LogP contribution in [-0.2, 0) is 11.2 Å². The van der Waals surface area contributed by atoms with Crippen molar-refractivity contribution in [2.75, 3.05) is 41.3 Å². The second-order valence-electron chi connectivity index (χ2n) is 5.13. The molecule has 0 bridgehead atoms. The first-order valence-electron chi connectivity index (χ1n) is 6.80. The van der Waals surface area contributed by atoms with E-state index in [0.29, 0.717) is 18.7 Å². The third-order valence-electron chi connectivity index (χ3n) is 2.74. The van der Waals surface area contributed by atoms with Crippen molar-refractivity contribution in [2.45, 2.75) is 6.42 Å². The molecular formula is C15H24FIN4O. The van der Waals surface area contributed by atoms with E-state index in [1.807, 2.05) is 38.0 Å². The summed E-state index contributed by atoms with van der Waals surface area (Å²) in [4.78, 5) is 20.0. The Balaban J connectivity index is 0.00000441. The van der Waals surface area contributed by atoms with Crippen molar-refractivity contribution in [2.24, 2.45) is 4.99 Å². The molecular weight excluding hydrogens is 398 g/mol. The number of amides is 1. The van der Waals surface area contributed by atoms with Crippen molar-refractivity contribution >= 4 is 35.8 Å². The minimum atomic E-state index is -0.327. The molecule has 0 atom stereocenters. The van der Waals surface area contributed by atoms with Gasteiger partial charge in [0, 0.05) is 34.7 Å². The lowest BCUT2D eigenvalue weighted by molar-refractivity contribution is -0.120. The fourth-order valence-corrected chi connectivity index (χ4v) is 1.93. The highest BCUT2D eigenvalue weighted by Gasteiger charge is 2.05. The average Bonchev–Trinajstić information content (AvgIpc) is 2.37. The zero-order chi connectivity index (χ0) is 15.8. The molecule has 22 heavy (non-hydrogen) atoms. The summed E-state index contributed by atoms with van der Waals surface area (Å²) in [6.45, 7) is 0.958. The molecule has 1 aromatic rings. The molecule has 124 valence electrons. The number of rotatable bonds is 5. The molecule has 0 aliphatic carbocycles. The molecule has 0 fully saturated rings. The standard InChI is InChI=1S/C15H23FN4O.HI/c1-19(2)15(20(3)4)18-9-8-17-14(21)11-12-6-5-7-13(16)10-12;/h5-7,10H,8-9,11H2,1-4H3,(H,17,21);1H. The lowest BCUT2D eigenvalue weighted by Crippen LogP contribution is -2.36. The summed E-state index contributed by atoms with van der Waals surface area (Å²) < 4.78 is 13.0. The molecule has 1 amide bonds. The first-order chi connectivity index (χ1) is 9.90. The maximum absolute atomic E-state index is 13.0. The molecule has 0 saturated heterocycles. The maximum Gasteiger partial charge on any atom is 0.224 e. The Labute approximate surface area is 148 Å². The zero-order valence-corrected chi connectivity index (χ0v) is 15.8. The van der Waals surface area contributed by atoms with E-state index >= 15 is 0 Å². The normalized spacial score (nSPS) is 9.50. The van der Waals surface area contributed by atoms with Crippen molar-refractivity contribution in [3.8, 4) is 0 Å². The van der Waals surface area contributed by atoms with Gasteiger partial charge in [0.1, 0.15) is 5.82 Å². The molecule has 0 aromatic heterocycles. The monoisotopic (exact) mass is 422 g/mol. The first-order valence-corrected chi connectivity index (χ1v) is 6.80. The number of hydrogen-bond acceptors (Lipinski definition) is 2. The number of nitrogens with one attached hydrogen (secondary N) is 1. The number of guanidine groups is 1. The number of carbonyl (C=O) groups is 1. The van der Waals surface area contributed by atoms with Gasteiger partial charge in [-0.2, -0.15) is 0 Å². The number of nitrogens with zero attached hydrogens (tertiary/aromatic N) is 3. The third-order valence-corrected chi connectivity index (χ3v) is 2.74. The quantitative estimate of drug-likeness (QED) is 0.339. The number of halogens is 2. The van der Waals surface area contributed by atoms with Crippen LogP contribution in [0.25, 0.3) is 0 Å². The highest BCUT2D eigenvalue weighted by Crippen LogP contribution is 2.03. The van der Waals surface area contributed by atoms with Gasteiger partial charge in [-0.05, 0) is 17.7 Å². The molecule has 1 aromatic carbocycles. The number of aliphatic imine (C=N–C) groups is 1. The van der Waals surface area contributed by atoms with E-state index in [1.165, 1.54) is 12.1 Å². The molecule has 5 nitrogen and oxygen atoms in total. The molecule has 0 saturated carbocycles. The van der Waals surface area contributed by atoms with Crippen LogP contribution in [0.15, 0.2) is 29.3 Å². The fourth-order valence-electron chi connectivity index (χ4n) is 1.93. The minimum Gasteiger partial charge on any atom is -0.354 e. The van der Waals surface area contributed by atoms with Crippen LogP contribution in [0.5, 0.6) is 0 Å². The average molecular weight is 422 g/mol.